The van der Waals surface area contributed by atoms with Crippen molar-refractivity contribution in [2.24, 2.45) is 30.6 Å². The lowest BCUT2D eigenvalue weighted by Crippen LogP contribution is -2.40. The molecule has 0 aliphatic heterocycles. The van der Waals surface area contributed by atoms with E-state index in [9.17, 15) is 0 Å². The molecule has 3 atom stereocenters. The first-order valence-electron chi connectivity index (χ1n) is 6.70. The standard InChI is InChI=1S/C13H22N4/c1-17-8-9(7-15-17)2-3-13(16-14)12-5-10-4-11(10)6-12/h7-8,10-13,16H,2-6,14H2,1H3. The third kappa shape index (κ3) is 2.38. The normalized spacial score (nSPS) is 32.5. The number of nitrogens with zero attached hydrogens (tertiary/aromatic N) is 2. The van der Waals surface area contributed by atoms with Crippen LogP contribution in [0.2, 0.25) is 0 Å². The molecular formula is C13H22N4. The Kier molecular flexibility index (Phi) is 2.92. The van der Waals surface area contributed by atoms with Crippen LogP contribution in [0.1, 0.15) is 31.2 Å². The number of fused-ring (bicyclic) bond motifs is 1. The van der Waals surface area contributed by atoms with Crippen LogP contribution in [0, 0.1) is 17.8 Å². The number of aryl methyl sites for hydroxylation is 2. The van der Waals surface area contributed by atoms with Gasteiger partial charge >= 0.3 is 0 Å². The summed E-state index contributed by atoms with van der Waals surface area (Å²) in [6, 6.07) is 0.489. The third-order valence-corrected chi connectivity index (χ3v) is 4.57. The number of nitrogens with one attached hydrogen (secondary N) is 1. The minimum absolute atomic E-state index is 0.489. The van der Waals surface area contributed by atoms with E-state index in [0.717, 1.165) is 30.6 Å². The molecule has 2 aliphatic carbocycles. The smallest absolute Gasteiger partial charge is 0.0521 e. The van der Waals surface area contributed by atoms with Gasteiger partial charge in [0.15, 0.2) is 0 Å². The SMILES string of the molecule is Cn1cc(CCC(NN)C2CC3CC3C2)cn1. The highest BCUT2D eigenvalue weighted by atomic mass is 15.2. The van der Waals surface area contributed by atoms with Crippen molar-refractivity contribution in [1.29, 1.82) is 0 Å². The second kappa shape index (κ2) is 4.42. The summed E-state index contributed by atoms with van der Waals surface area (Å²) in [5.41, 5.74) is 4.35. The first-order chi connectivity index (χ1) is 8.26. The van der Waals surface area contributed by atoms with E-state index in [4.69, 9.17) is 5.84 Å². The van der Waals surface area contributed by atoms with Crippen LogP contribution in [0.4, 0.5) is 0 Å². The Morgan fingerprint density at radius 1 is 1.47 bits per heavy atom. The summed E-state index contributed by atoms with van der Waals surface area (Å²) in [7, 11) is 1.96. The van der Waals surface area contributed by atoms with E-state index in [2.05, 4.69) is 16.7 Å². The van der Waals surface area contributed by atoms with Crippen LogP contribution < -0.4 is 11.3 Å². The monoisotopic (exact) mass is 234 g/mol. The van der Waals surface area contributed by atoms with Gasteiger partial charge < -0.3 is 0 Å². The number of hydrogen-bond donors (Lipinski definition) is 2. The average Bonchev–Trinajstić information content (AvgIpc) is 2.74. The van der Waals surface area contributed by atoms with Gasteiger partial charge in [-0.1, -0.05) is 0 Å². The molecule has 0 aromatic carbocycles. The molecule has 4 heteroatoms. The van der Waals surface area contributed by atoms with Gasteiger partial charge in [0, 0.05) is 19.3 Å². The van der Waals surface area contributed by atoms with E-state index in [1.165, 1.54) is 24.8 Å². The van der Waals surface area contributed by atoms with Crippen molar-refractivity contribution in [3.63, 3.8) is 0 Å². The van der Waals surface area contributed by atoms with E-state index in [1.807, 2.05) is 17.9 Å². The highest BCUT2D eigenvalue weighted by Crippen LogP contribution is 2.55. The Hall–Kier alpha value is -0.870. The van der Waals surface area contributed by atoms with Crippen molar-refractivity contribution >= 4 is 0 Å². The van der Waals surface area contributed by atoms with Crippen molar-refractivity contribution in [1.82, 2.24) is 15.2 Å². The van der Waals surface area contributed by atoms with Crippen molar-refractivity contribution in [3.05, 3.63) is 18.0 Å². The van der Waals surface area contributed by atoms with Crippen LogP contribution in [0.3, 0.4) is 0 Å². The summed E-state index contributed by atoms with van der Waals surface area (Å²) in [6.07, 6.45) is 10.5. The van der Waals surface area contributed by atoms with E-state index >= 15 is 0 Å². The van der Waals surface area contributed by atoms with E-state index in [-0.39, 0.29) is 0 Å². The molecule has 3 N–H and O–H groups in total. The second-order valence-electron chi connectivity index (χ2n) is 5.82. The molecule has 3 rings (SSSR count). The fraction of sp³-hybridized carbons (Fsp3) is 0.769. The largest absolute Gasteiger partial charge is 0.276 e. The van der Waals surface area contributed by atoms with Gasteiger partial charge in [-0.25, -0.2) is 0 Å². The van der Waals surface area contributed by atoms with Crippen LogP contribution >= 0.6 is 0 Å². The Morgan fingerprint density at radius 3 is 2.82 bits per heavy atom. The van der Waals surface area contributed by atoms with Crippen LogP contribution in [0.5, 0.6) is 0 Å². The fourth-order valence-electron chi connectivity index (χ4n) is 3.47. The number of nitrogens with two attached hydrogens (primary N) is 1. The van der Waals surface area contributed by atoms with Crippen LogP contribution in [-0.2, 0) is 13.5 Å². The predicted octanol–water partition coefficient (Wildman–Crippen LogP) is 1.23. The number of hydrazine groups is 1. The Balaban J connectivity index is 1.51. The minimum atomic E-state index is 0.489. The maximum absolute atomic E-state index is 5.71. The van der Waals surface area contributed by atoms with Gasteiger partial charge in [-0.3, -0.25) is 16.0 Å². The molecule has 0 spiro atoms. The van der Waals surface area contributed by atoms with Gasteiger partial charge in [0.05, 0.1) is 6.20 Å². The average molecular weight is 234 g/mol. The van der Waals surface area contributed by atoms with E-state index in [1.54, 1.807) is 0 Å². The summed E-state index contributed by atoms with van der Waals surface area (Å²) < 4.78 is 1.87. The zero-order chi connectivity index (χ0) is 11.8. The molecule has 0 amide bonds. The molecule has 0 saturated heterocycles. The van der Waals surface area contributed by atoms with Crippen molar-refractivity contribution < 1.29 is 0 Å². The minimum Gasteiger partial charge on any atom is -0.276 e. The molecule has 1 aromatic heterocycles. The second-order valence-corrected chi connectivity index (χ2v) is 5.82. The molecule has 0 bridgehead atoms. The summed E-state index contributed by atoms with van der Waals surface area (Å²) in [5.74, 6) is 8.59. The van der Waals surface area contributed by atoms with Gasteiger partial charge in [-0.2, -0.15) is 5.10 Å². The zero-order valence-electron chi connectivity index (χ0n) is 10.5. The van der Waals surface area contributed by atoms with Crippen LogP contribution in [0.15, 0.2) is 12.4 Å². The third-order valence-electron chi connectivity index (χ3n) is 4.57. The molecule has 1 aromatic rings. The van der Waals surface area contributed by atoms with Crippen molar-refractivity contribution in [2.75, 3.05) is 0 Å². The topological polar surface area (TPSA) is 55.9 Å². The summed E-state index contributed by atoms with van der Waals surface area (Å²) in [4.78, 5) is 0. The van der Waals surface area contributed by atoms with Crippen LogP contribution in [0.25, 0.3) is 0 Å². The van der Waals surface area contributed by atoms with E-state index in [0.29, 0.717) is 6.04 Å². The molecule has 4 nitrogen and oxygen atoms in total. The lowest BCUT2D eigenvalue weighted by Gasteiger charge is -2.23. The highest BCUT2D eigenvalue weighted by molar-refractivity contribution is 5.05. The Labute approximate surface area is 103 Å². The predicted molar refractivity (Wildman–Crippen MR) is 67.0 cm³/mol. The number of rotatable bonds is 5. The summed E-state index contributed by atoms with van der Waals surface area (Å²) in [5, 5.41) is 4.20. The molecule has 2 fully saturated rings. The lowest BCUT2D eigenvalue weighted by atomic mass is 9.91. The molecule has 3 unspecified atom stereocenters. The number of aromatic nitrogens is 2. The molecular weight excluding hydrogens is 212 g/mol. The maximum atomic E-state index is 5.71. The fourth-order valence-corrected chi connectivity index (χ4v) is 3.47. The Bertz CT molecular complexity index is 377. The lowest BCUT2D eigenvalue weighted by molar-refractivity contribution is 0.322. The number of hydrogen-bond acceptors (Lipinski definition) is 3. The van der Waals surface area contributed by atoms with E-state index < -0.39 is 0 Å². The van der Waals surface area contributed by atoms with Gasteiger partial charge in [-0.15, -0.1) is 0 Å². The molecule has 0 radical (unpaired) electrons. The van der Waals surface area contributed by atoms with Crippen LogP contribution in [-0.4, -0.2) is 15.8 Å². The van der Waals surface area contributed by atoms with Gasteiger partial charge in [0.25, 0.3) is 0 Å². The molecule has 17 heavy (non-hydrogen) atoms. The summed E-state index contributed by atoms with van der Waals surface area (Å²) >= 11 is 0. The first kappa shape index (κ1) is 11.2. The molecule has 94 valence electrons. The first-order valence-corrected chi connectivity index (χ1v) is 6.70. The molecule has 2 saturated carbocycles. The van der Waals surface area contributed by atoms with Gasteiger partial charge in [-0.05, 0) is 55.4 Å². The summed E-state index contributed by atoms with van der Waals surface area (Å²) in [6.45, 7) is 0. The highest BCUT2D eigenvalue weighted by Gasteiger charge is 2.47. The van der Waals surface area contributed by atoms with Gasteiger partial charge in [0.2, 0.25) is 0 Å². The Morgan fingerprint density at radius 2 is 2.24 bits per heavy atom. The van der Waals surface area contributed by atoms with Gasteiger partial charge in [0.1, 0.15) is 0 Å². The molecule has 2 aliphatic rings. The quantitative estimate of drug-likeness (QED) is 0.595. The zero-order valence-corrected chi connectivity index (χ0v) is 10.5. The molecule has 1 heterocycles. The van der Waals surface area contributed by atoms with Crippen molar-refractivity contribution in [3.8, 4) is 0 Å². The maximum Gasteiger partial charge on any atom is 0.0521 e. The van der Waals surface area contributed by atoms with Crippen molar-refractivity contribution in [2.45, 2.75) is 38.1 Å².